The number of aryl methyl sites for hydroxylation is 1. The van der Waals surface area contributed by atoms with Crippen molar-refractivity contribution in [2.45, 2.75) is 50.7 Å². The van der Waals surface area contributed by atoms with E-state index in [4.69, 9.17) is 4.98 Å². The summed E-state index contributed by atoms with van der Waals surface area (Å²) in [5.74, 6) is 0.834. The first-order valence-corrected chi connectivity index (χ1v) is 14.7. The number of carbonyl (C=O) groups is 1. The topological polar surface area (TPSA) is 120 Å². The second-order valence-corrected chi connectivity index (χ2v) is 11.3. The highest BCUT2D eigenvalue weighted by Crippen LogP contribution is 2.39. The molecule has 218 valence electrons. The van der Waals surface area contributed by atoms with E-state index in [9.17, 15) is 9.90 Å². The normalized spacial score (nSPS) is 19.0. The van der Waals surface area contributed by atoms with Crippen LogP contribution >= 0.6 is 0 Å². The molecular formula is C32H38N8O2. The van der Waals surface area contributed by atoms with Crippen molar-refractivity contribution < 1.29 is 9.90 Å². The van der Waals surface area contributed by atoms with E-state index in [2.05, 4.69) is 73.4 Å². The second kappa shape index (κ2) is 11.5. The molecule has 0 saturated carbocycles. The number of fused-ring (bicyclic) bond motifs is 2. The molecule has 42 heavy (non-hydrogen) atoms. The Labute approximate surface area is 245 Å². The van der Waals surface area contributed by atoms with Crippen molar-refractivity contribution in [2.24, 2.45) is 0 Å². The molecular weight excluding hydrogens is 528 g/mol. The molecule has 0 radical (unpaired) electrons. The molecule has 10 nitrogen and oxygen atoms in total. The Morgan fingerprint density at radius 1 is 1.17 bits per heavy atom. The number of hydrogen-bond acceptors (Lipinski definition) is 8. The number of nitrogens with zero attached hydrogens (tertiary/aromatic N) is 5. The van der Waals surface area contributed by atoms with Gasteiger partial charge in [-0.05, 0) is 88.1 Å². The van der Waals surface area contributed by atoms with Crippen LogP contribution in [-0.4, -0.2) is 62.1 Å². The lowest BCUT2D eigenvalue weighted by molar-refractivity contribution is 0.0307. The van der Waals surface area contributed by atoms with Crippen molar-refractivity contribution in [3.63, 3.8) is 0 Å². The number of pyridine rings is 1. The summed E-state index contributed by atoms with van der Waals surface area (Å²) < 4.78 is 2.39. The van der Waals surface area contributed by atoms with Gasteiger partial charge in [0.1, 0.15) is 22.8 Å². The van der Waals surface area contributed by atoms with E-state index in [1.807, 2.05) is 25.1 Å². The Kier molecular flexibility index (Phi) is 7.66. The van der Waals surface area contributed by atoms with Crippen LogP contribution in [0.3, 0.4) is 0 Å². The lowest BCUT2D eigenvalue weighted by Gasteiger charge is -2.30. The van der Waals surface area contributed by atoms with Gasteiger partial charge in [0.2, 0.25) is 5.95 Å². The molecule has 1 atom stereocenters. The fourth-order valence-corrected chi connectivity index (χ4v) is 6.01. The zero-order valence-electron chi connectivity index (χ0n) is 24.2. The number of aromatic nitrogens is 4. The van der Waals surface area contributed by atoms with Crippen LogP contribution in [0.25, 0.3) is 10.9 Å². The summed E-state index contributed by atoms with van der Waals surface area (Å²) in [6, 6.07) is 12.7. The molecule has 2 aliphatic rings. The molecule has 0 bridgehead atoms. The Morgan fingerprint density at radius 2 is 2.00 bits per heavy atom. The minimum absolute atomic E-state index is 0.279. The van der Waals surface area contributed by atoms with Crippen molar-refractivity contribution >= 4 is 40.1 Å². The summed E-state index contributed by atoms with van der Waals surface area (Å²) in [7, 11) is 2.18. The number of aliphatic hydroxyl groups is 1. The summed E-state index contributed by atoms with van der Waals surface area (Å²) in [4.78, 5) is 29.2. The minimum Gasteiger partial charge on any atom is -0.384 e. The van der Waals surface area contributed by atoms with Gasteiger partial charge in [-0.2, -0.15) is 4.98 Å². The third kappa shape index (κ3) is 5.47. The van der Waals surface area contributed by atoms with Crippen molar-refractivity contribution in [3.05, 3.63) is 78.3 Å². The molecule has 0 unspecified atom stereocenters. The first-order valence-electron chi connectivity index (χ1n) is 14.7. The smallest absolute Gasteiger partial charge is 0.256 e. The second-order valence-electron chi connectivity index (χ2n) is 11.3. The van der Waals surface area contributed by atoms with Crippen LogP contribution in [0.2, 0.25) is 0 Å². The monoisotopic (exact) mass is 566 g/mol. The van der Waals surface area contributed by atoms with Crippen LogP contribution in [-0.2, 0) is 12.0 Å². The molecule has 0 spiro atoms. The lowest BCUT2D eigenvalue weighted by atomic mass is 9.98. The Bertz CT molecular complexity index is 1620. The van der Waals surface area contributed by atoms with E-state index in [-0.39, 0.29) is 11.5 Å². The van der Waals surface area contributed by atoms with Gasteiger partial charge in [-0.25, -0.2) is 9.97 Å². The number of carbonyl (C=O) groups excluding carboxylic acids is 1. The van der Waals surface area contributed by atoms with Crippen LogP contribution in [0, 0.1) is 0 Å². The summed E-state index contributed by atoms with van der Waals surface area (Å²) in [5.41, 5.74) is 3.12. The zero-order valence-corrected chi connectivity index (χ0v) is 24.2. The molecule has 1 amide bonds. The van der Waals surface area contributed by atoms with Gasteiger partial charge in [0.15, 0.2) is 0 Å². The van der Waals surface area contributed by atoms with Crippen LogP contribution < -0.4 is 16.0 Å². The molecule has 10 heteroatoms. The maximum Gasteiger partial charge on any atom is 0.256 e. The molecule has 1 saturated heterocycles. The molecule has 1 aromatic carbocycles. The minimum atomic E-state index is -0.944. The quantitative estimate of drug-likeness (QED) is 0.208. The first kappa shape index (κ1) is 27.9. The third-order valence-electron chi connectivity index (χ3n) is 8.56. The highest BCUT2D eigenvalue weighted by molar-refractivity contribution is 5.99. The van der Waals surface area contributed by atoms with E-state index in [0.717, 1.165) is 49.0 Å². The largest absolute Gasteiger partial charge is 0.384 e. The van der Waals surface area contributed by atoms with Gasteiger partial charge in [-0.1, -0.05) is 19.1 Å². The molecule has 4 aromatic rings. The molecule has 3 aromatic heterocycles. The number of anilines is 4. The van der Waals surface area contributed by atoms with Gasteiger partial charge in [0.05, 0.1) is 5.69 Å². The number of piperidine rings is 1. The fourth-order valence-electron chi connectivity index (χ4n) is 6.01. The third-order valence-corrected chi connectivity index (χ3v) is 8.56. The average molecular weight is 567 g/mol. The Balaban J connectivity index is 1.27. The lowest BCUT2D eigenvalue weighted by Crippen LogP contribution is -2.31. The van der Waals surface area contributed by atoms with Gasteiger partial charge < -0.3 is 30.5 Å². The predicted molar refractivity (Wildman–Crippen MR) is 166 cm³/mol. The summed E-state index contributed by atoms with van der Waals surface area (Å²) in [5, 5.41) is 21.5. The molecule has 1 fully saturated rings. The van der Waals surface area contributed by atoms with Crippen molar-refractivity contribution in [1.29, 1.82) is 0 Å². The molecule has 4 heterocycles. The van der Waals surface area contributed by atoms with Gasteiger partial charge in [-0.15, -0.1) is 6.58 Å². The summed E-state index contributed by atoms with van der Waals surface area (Å²) >= 11 is 0. The van der Waals surface area contributed by atoms with Crippen molar-refractivity contribution in [1.82, 2.24) is 29.7 Å². The number of nitrogens with one attached hydrogen (secondary N) is 3. The highest BCUT2D eigenvalue weighted by Gasteiger charge is 2.36. The summed E-state index contributed by atoms with van der Waals surface area (Å²) in [6.07, 6.45) is 9.61. The van der Waals surface area contributed by atoms with E-state index in [1.54, 1.807) is 6.08 Å². The zero-order chi connectivity index (χ0) is 29.3. The maximum absolute atomic E-state index is 13.0. The molecule has 1 aliphatic carbocycles. The van der Waals surface area contributed by atoms with Gasteiger partial charge >= 0.3 is 0 Å². The van der Waals surface area contributed by atoms with Crippen molar-refractivity contribution in [3.8, 4) is 0 Å². The van der Waals surface area contributed by atoms with E-state index < -0.39 is 5.60 Å². The SMILES string of the molecule is C=CCNC(=O)c1cnc(Nc2ccc3c(ccn3C3CCN(C)CC3)c2)nc1Nc1ccc2c(n1)[C@](O)(CC)CC2. The van der Waals surface area contributed by atoms with Gasteiger partial charge in [0.25, 0.3) is 5.91 Å². The Hall–Kier alpha value is -4.28. The van der Waals surface area contributed by atoms with E-state index in [1.165, 1.54) is 11.7 Å². The van der Waals surface area contributed by atoms with Gasteiger partial charge in [0, 0.05) is 41.6 Å². The van der Waals surface area contributed by atoms with Crippen LogP contribution in [0.5, 0.6) is 0 Å². The van der Waals surface area contributed by atoms with Crippen LogP contribution in [0.1, 0.15) is 60.3 Å². The predicted octanol–water partition coefficient (Wildman–Crippen LogP) is 5.04. The summed E-state index contributed by atoms with van der Waals surface area (Å²) in [6.45, 7) is 8.17. The number of hydrogen-bond donors (Lipinski definition) is 4. The number of rotatable bonds is 9. The first-order chi connectivity index (χ1) is 20.4. The van der Waals surface area contributed by atoms with E-state index >= 15 is 0 Å². The Morgan fingerprint density at radius 3 is 2.79 bits per heavy atom. The van der Waals surface area contributed by atoms with Crippen molar-refractivity contribution in [2.75, 3.05) is 37.3 Å². The average Bonchev–Trinajstić information content (AvgIpc) is 3.57. The number of benzene rings is 1. The van der Waals surface area contributed by atoms with Gasteiger partial charge in [-0.3, -0.25) is 4.79 Å². The fraction of sp³-hybridized carbons (Fsp3) is 0.375. The standard InChI is InChI=1S/C32H38N8O2/c1-4-15-33-30(41)25-20-34-31(38-29(25)37-27-9-6-21-10-14-32(42,5-2)28(21)36-27)35-23-7-8-26-22(19-23)11-18-40(26)24-12-16-39(3)17-13-24/h4,6-9,11,18-20,24,42H,1,5,10,12-17H2,2-3H3,(H,33,41)(H2,34,35,36,37,38)/t32-/m0/s1. The maximum atomic E-state index is 13.0. The number of likely N-dealkylation sites (tertiary alicyclic amines) is 1. The van der Waals surface area contributed by atoms with Crippen LogP contribution in [0.15, 0.2) is 61.4 Å². The number of amides is 1. The molecule has 1 aliphatic heterocycles. The molecule has 4 N–H and O–H groups in total. The molecule has 6 rings (SSSR count). The van der Waals surface area contributed by atoms with Crippen LogP contribution in [0.4, 0.5) is 23.3 Å². The van der Waals surface area contributed by atoms with E-state index in [0.29, 0.717) is 48.7 Å². The highest BCUT2D eigenvalue weighted by atomic mass is 16.3.